The van der Waals surface area contributed by atoms with Crippen LogP contribution in [0, 0.1) is 0 Å². The molecule has 0 saturated carbocycles. The Morgan fingerprint density at radius 2 is 1.84 bits per heavy atom. The maximum Gasteiger partial charge on any atom is 0.410 e. The van der Waals surface area contributed by atoms with Gasteiger partial charge in [0, 0.05) is 32.0 Å². The van der Waals surface area contributed by atoms with Gasteiger partial charge in [-0.15, -0.1) is 6.58 Å². The van der Waals surface area contributed by atoms with Crippen LogP contribution in [0.5, 0.6) is 0 Å². The van der Waals surface area contributed by atoms with E-state index >= 15 is 0 Å². The van der Waals surface area contributed by atoms with Crippen molar-refractivity contribution >= 4 is 23.9 Å². The molecule has 208 valence electrons. The van der Waals surface area contributed by atoms with Crippen LogP contribution in [0.1, 0.15) is 52.5 Å². The first kappa shape index (κ1) is 30.6. The predicted octanol–water partition coefficient (Wildman–Crippen LogP) is 3.64. The van der Waals surface area contributed by atoms with Crippen LogP contribution in [-0.4, -0.2) is 77.1 Å². The smallest absolute Gasteiger partial charge is 0.410 e. The van der Waals surface area contributed by atoms with Gasteiger partial charge < -0.3 is 24.6 Å². The van der Waals surface area contributed by atoms with Gasteiger partial charge in [0.1, 0.15) is 24.3 Å². The van der Waals surface area contributed by atoms with Crippen molar-refractivity contribution in [1.29, 1.82) is 0 Å². The highest BCUT2D eigenvalue weighted by atomic mass is 16.6. The zero-order chi connectivity index (χ0) is 28.3. The van der Waals surface area contributed by atoms with E-state index in [0.29, 0.717) is 19.4 Å². The summed E-state index contributed by atoms with van der Waals surface area (Å²) in [5, 5.41) is 2.80. The topological polar surface area (TPSA) is 105 Å². The molecule has 1 aromatic carbocycles. The SMILES string of the molecule is C=CCOC(=O)[C@H](Cc1ccccc1)NC(=O)[C@@H]1CCCN1C(=O)CC(C)N(CC=C)C(=O)OC(C)(C)C. The lowest BCUT2D eigenvalue weighted by Crippen LogP contribution is -2.52. The minimum atomic E-state index is -0.906. The van der Waals surface area contributed by atoms with E-state index in [1.807, 2.05) is 30.3 Å². The number of nitrogens with zero attached hydrogens (tertiary/aromatic N) is 2. The number of nitrogens with one attached hydrogen (secondary N) is 1. The Morgan fingerprint density at radius 3 is 2.45 bits per heavy atom. The van der Waals surface area contributed by atoms with Gasteiger partial charge in [-0.1, -0.05) is 49.1 Å². The summed E-state index contributed by atoms with van der Waals surface area (Å²) in [7, 11) is 0. The quantitative estimate of drug-likeness (QED) is 0.329. The van der Waals surface area contributed by atoms with Crippen LogP contribution in [0.2, 0.25) is 0 Å². The molecule has 0 spiro atoms. The van der Waals surface area contributed by atoms with Crippen molar-refractivity contribution in [3.05, 3.63) is 61.2 Å². The Morgan fingerprint density at radius 1 is 1.16 bits per heavy atom. The Bertz CT molecular complexity index is 988. The van der Waals surface area contributed by atoms with Gasteiger partial charge in [-0.05, 0) is 46.1 Å². The van der Waals surface area contributed by atoms with Gasteiger partial charge in [0.2, 0.25) is 11.8 Å². The van der Waals surface area contributed by atoms with E-state index in [0.717, 1.165) is 5.56 Å². The summed E-state index contributed by atoms with van der Waals surface area (Å²) in [6.45, 7) is 15.0. The number of esters is 1. The predicted molar refractivity (Wildman–Crippen MR) is 145 cm³/mol. The first-order valence-electron chi connectivity index (χ1n) is 13.0. The minimum absolute atomic E-state index is 0.0195. The fourth-order valence-electron chi connectivity index (χ4n) is 4.26. The third kappa shape index (κ3) is 9.36. The third-order valence-corrected chi connectivity index (χ3v) is 6.06. The Hall–Kier alpha value is -3.62. The van der Waals surface area contributed by atoms with Crippen LogP contribution in [-0.2, 0) is 30.3 Å². The second kappa shape index (κ2) is 14.4. The van der Waals surface area contributed by atoms with Crippen LogP contribution >= 0.6 is 0 Å². The van der Waals surface area contributed by atoms with Crippen LogP contribution < -0.4 is 5.32 Å². The lowest BCUT2D eigenvalue weighted by molar-refractivity contribution is -0.147. The molecule has 3 atom stereocenters. The normalized spacial score (nSPS) is 16.6. The number of hydrogen-bond donors (Lipinski definition) is 1. The number of ether oxygens (including phenoxy) is 2. The highest BCUT2D eigenvalue weighted by molar-refractivity contribution is 5.91. The van der Waals surface area contributed by atoms with Crippen molar-refractivity contribution in [1.82, 2.24) is 15.1 Å². The van der Waals surface area contributed by atoms with Crippen LogP contribution in [0.15, 0.2) is 55.6 Å². The second-order valence-electron chi connectivity index (χ2n) is 10.4. The van der Waals surface area contributed by atoms with Gasteiger partial charge in [0.05, 0.1) is 0 Å². The average molecular weight is 528 g/mol. The number of hydrogen-bond acceptors (Lipinski definition) is 6. The molecule has 3 amide bonds. The highest BCUT2D eigenvalue weighted by Crippen LogP contribution is 2.21. The number of carbonyl (C=O) groups excluding carboxylic acids is 4. The molecule has 0 radical (unpaired) electrons. The highest BCUT2D eigenvalue weighted by Gasteiger charge is 2.37. The fourth-order valence-corrected chi connectivity index (χ4v) is 4.26. The maximum atomic E-state index is 13.3. The largest absolute Gasteiger partial charge is 0.460 e. The summed E-state index contributed by atoms with van der Waals surface area (Å²) >= 11 is 0. The van der Waals surface area contributed by atoms with Crippen molar-refractivity contribution in [2.24, 2.45) is 0 Å². The van der Waals surface area contributed by atoms with Crippen molar-refractivity contribution in [2.75, 3.05) is 19.7 Å². The molecule has 1 heterocycles. The zero-order valence-electron chi connectivity index (χ0n) is 23.0. The second-order valence-corrected chi connectivity index (χ2v) is 10.4. The van der Waals surface area contributed by atoms with Gasteiger partial charge in [0.15, 0.2) is 0 Å². The lowest BCUT2D eigenvalue weighted by atomic mass is 10.0. The molecule has 9 heteroatoms. The molecule has 1 aliphatic rings. The molecule has 1 saturated heterocycles. The summed E-state index contributed by atoms with van der Waals surface area (Å²) < 4.78 is 10.7. The van der Waals surface area contributed by atoms with Crippen molar-refractivity contribution in [2.45, 2.75) is 77.1 Å². The van der Waals surface area contributed by atoms with Gasteiger partial charge >= 0.3 is 12.1 Å². The summed E-state index contributed by atoms with van der Waals surface area (Å²) in [5.41, 5.74) is 0.188. The molecule has 1 unspecified atom stereocenters. The van der Waals surface area contributed by atoms with Crippen molar-refractivity contribution in [3.8, 4) is 0 Å². The van der Waals surface area contributed by atoms with Gasteiger partial charge in [-0.2, -0.15) is 0 Å². The minimum Gasteiger partial charge on any atom is -0.460 e. The molecule has 0 aromatic heterocycles. The van der Waals surface area contributed by atoms with Crippen molar-refractivity contribution in [3.63, 3.8) is 0 Å². The first-order valence-corrected chi connectivity index (χ1v) is 13.0. The third-order valence-electron chi connectivity index (χ3n) is 6.06. The van der Waals surface area contributed by atoms with E-state index in [-0.39, 0.29) is 31.9 Å². The van der Waals surface area contributed by atoms with E-state index in [1.54, 1.807) is 33.8 Å². The number of amides is 3. The molecule has 1 N–H and O–H groups in total. The summed E-state index contributed by atoms with van der Waals surface area (Å²) in [5.74, 6) is -1.22. The molecule has 1 aliphatic heterocycles. The number of benzene rings is 1. The standard InChI is InChI=1S/C29H41N3O6/c1-7-16-31(28(36)38-29(4,5)6)21(3)19-25(33)32-17-12-15-24(32)26(34)30-23(27(35)37-18-8-2)20-22-13-10-9-11-14-22/h7-11,13-14,21,23-24H,1-2,12,15-20H2,3-6H3,(H,30,34)/t21?,23-,24-/m0/s1. The molecule has 0 aliphatic carbocycles. The van der Waals surface area contributed by atoms with Crippen LogP contribution in [0.4, 0.5) is 4.79 Å². The summed E-state index contributed by atoms with van der Waals surface area (Å²) in [4.78, 5) is 54.9. The molecule has 1 fully saturated rings. The Kier molecular flexibility index (Phi) is 11.6. The monoisotopic (exact) mass is 527 g/mol. The summed E-state index contributed by atoms with van der Waals surface area (Å²) in [6.07, 6.45) is 3.92. The van der Waals surface area contributed by atoms with E-state index in [9.17, 15) is 19.2 Å². The number of rotatable bonds is 12. The molecule has 9 nitrogen and oxygen atoms in total. The molecule has 1 aromatic rings. The lowest BCUT2D eigenvalue weighted by Gasteiger charge is -2.32. The zero-order valence-corrected chi connectivity index (χ0v) is 23.0. The van der Waals surface area contributed by atoms with E-state index in [4.69, 9.17) is 9.47 Å². The van der Waals surface area contributed by atoms with E-state index < -0.39 is 41.7 Å². The van der Waals surface area contributed by atoms with Crippen LogP contribution in [0.25, 0.3) is 0 Å². The van der Waals surface area contributed by atoms with Crippen LogP contribution in [0.3, 0.4) is 0 Å². The van der Waals surface area contributed by atoms with E-state index in [2.05, 4.69) is 18.5 Å². The molecule has 0 bridgehead atoms. The Labute approximate surface area is 225 Å². The average Bonchev–Trinajstić information content (AvgIpc) is 3.35. The summed E-state index contributed by atoms with van der Waals surface area (Å²) in [6, 6.07) is 7.22. The van der Waals surface area contributed by atoms with E-state index in [1.165, 1.54) is 15.9 Å². The molecule has 2 rings (SSSR count). The first-order chi connectivity index (χ1) is 18.0. The Balaban J connectivity index is 2.10. The number of carbonyl (C=O) groups is 4. The molecular weight excluding hydrogens is 486 g/mol. The molecule has 38 heavy (non-hydrogen) atoms. The van der Waals surface area contributed by atoms with Gasteiger partial charge in [-0.25, -0.2) is 9.59 Å². The fraction of sp³-hybridized carbons (Fsp3) is 0.517. The molecular formula is C29H41N3O6. The van der Waals surface area contributed by atoms with Gasteiger partial charge in [-0.3, -0.25) is 9.59 Å². The number of likely N-dealkylation sites (tertiary alicyclic amines) is 1. The maximum absolute atomic E-state index is 13.3. The van der Waals surface area contributed by atoms with Crippen molar-refractivity contribution < 1.29 is 28.7 Å². The van der Waals surface area contributed by atoms with Gasteiger partial charge in [0.25, 0.3) is 0 Å².